The van der Waals surface area contributed by atoms with Gasteiger partial charge in [0.25, 0.3) is 11.1 Å². The molecule has 0 atom stereocenters. The molecule has 2 heterocycles. The smallest absolute Gasteiger partial charge is 0.290 e. The molecular weight excluding hydrogens is 545 g/mol. The molecule has 0 aliphatic carbocycles. The SMILES string of the molecule is Cc1ccc2c(=O)c(OCCOc3ccc(CC=C4SC(=O)NC4=O)cc3F)c(-c3ccc(F)c(F)c3)[nH]c2c1. The Labute approximate surface area is 230 Å². The Hall–Kier alpha value is -4.51. The van der Waals surface area contributed by atoms with Gasteiger partial charge in [0, 0.05) is 10.9 Å². The van der Waals surface area contributed by atoms with Crippen LogP contribution in [0.25, 0.3) is 22.2 Å². The van der Waals surface area contributed by atoms with E-state index >= 15 is 0 Å². The van der Waals surface area contributed by atoms with E-state index in [1.165, 1.54) is 18.2 Å². The number of hydrogen-bond donors (Lipinski definition) is 2. The monoisotopic (exact) mass is 566 g/mol. The van der Waals surface area contributed by atoms with Gasteiger partial charge in [-0.15, -0.1) is 0 Å². The standard InChI is InChI=1S/C29H21F3N2O5S/c1-15-2-6-18-22(12-15)33-25(17-5-7-19(30)20(31)14-17)27(26(18)35)39-11-10-38-23-8-3-16(13-21(23)32)4-9-24-28(36)34-29(37)40-24/h2-3,5-9,12-14H,4,10-11H2,1H3,(H,33,35)(H,34,36,37). The van der Waals surface area contributed by atoms with Crippen molar-refractivity contribution in [2.24, 2.45) is 0 Å². The highest BCUT2D eigenvalue weighted by Gasteiger charge is 2.24. The maximum absolute atomic E-state index is 14.6. The van der Waals surface area contributed by atoms with E-state index in [-0.39, 0.29) is 47.3 Å². The van der Waals surface area contributed by atoms with Crippen molar-refractivity contribution < 1.29 is 32.2 Å². The Morgan fingerprint density at radius 2 is 1.68 bits per heavy atom. The lowest BCUT2D eigenvalue weighted by Gasteiger charge is -2.14. The van der Waals surface area contributed by atoms with E-state index in [0.717, 1.165) is 29.5 Å². The summed E-state index contributed by atoms with van der Waals surface area (Å²) in [4.78, 5) is 39.5. The van der Waals surface area contributed by atoms with E-state index in [1.807, 2.05) is 6.92 Å². The number of imide groups is 1. The van der Waals surface area contributed by atoms with Gasteiger partial charge in [-0.2, -0.15) is 0 Å². The Balaban J connectivity index is 1.31. The molecule has 0 unspecified atom stereocenters. The van der Waals surface area contributed by atoms with Crippen molar-refractivity contribution >= 4 is 33.8 Å². The minimum absolute atomic E-state index is 0.0492. The van der Waals surface area contributed by atoms with Crippen LogP contribution in [0.15, 0.2) is 70.4 Å². The van der Waals surface area contributed by atoms with Crippen molar-refractivity contribution in [1.29, 1.82) is 0 Å². The van der Waals surface area contributed by atoms with Crippen LogP contribution in [-0.2, 0) is 11.2 Å². The average molecular weight is 567 g/mol. The van der Waals surface area contributed by atoms with E-state index in [9.17, 15) is 27.6 Å². The van der Waals surface area contributed by atoms with E-state index in [1.54, 1.807) is 30.3 Å². The summed E-state index contributed by atoms with van der Waals surface area (Å²) in [5, 5.41) is 2.05. The number of nitrogens with one attached hydrogen (secondary N) is 2. The van der Waals surface area contributed by atoms with Crippen molar-refractivity contribution in [3.8, 4) is 22.8 Å². The van der Waals surface area contributed by atoms with Crippen LogP contribution in [0.1, 0.15) is 11.1 Å². The molecule has 5 rings (SSSR count). The number of fused-ring (bicyclic) bond motifs is 1. The van der Waals surface area contributed by atoms with Gasteiger partial charge in [-0.05, 0) is 78.7 Å². The number of pyridine rings is 1. The van der Waals surface area contributed by atoms with Gasteiger partial charge in [0.1, 0.15) is 13.2 Å². The average Bonchev–Trinajstić information content (AvgIpc) is 3.25. The summed E-state index contributed by atoms with van der Waals surface area (Å²) >= 11 is 0.784. The summed E-state index contributed by atoms with van der Waals surface area (Å²) in [6.45, 7) is 1.58. The van der Waals surface area contributed by atoms with E-state index < -0.39 is 34.0 Å². The molecule has 2 amide bonds. The number of aromatic amines is 1. The number of H-pyrrole nitrogens is 1. The first-order chi connectivity index (χ1) is 19.2. The number of carbonyl (C=O) groups excluding carboxylic acids is 2. The highest BCUT2D eigenvalue weighted by atomic mass is 32.2. The van der Waals surface area contributed by atoms with Gasteiger partial charge >= 0.3 is 0 Å². The Kier molecular flexibility index (Phi) is 7.65. The first-order valence-corrected chi connectivity index (χ1v) is 12.9. The maximum Gasteiger partial charge on any atom is 0.290 e. The van der Waals surface area contributed by atoms with Crippen LogP contribution in [0, 0.1) is 24.4 Å². The number of aromatic nitrogens is 1. The number of rotatable bonds is 8. The van der Waals surface area contributed by atoms with Gasteiger partial charge in [-0.25, -0.2) is 13.2 Å². The molecule has 7 nitrogen and oxygen atoms in total. The number of benzene rings is 3. The molecular formula is C29H21F3N2O5S. The Morgan fingerprint density at radius 1 is 0.875 bits per heavy atom. The van der Waals surface area contributed by atoms with Gasteiger partial charge in [0.15, 0.2) is 29.0 Å². The zero-order valence-corrected chi connectivity index (χ0v) is 21.8. The molecule has 4 aromatic rings. The summed E-state index contributed by atoms with van der Waals surface area (Å²) in [7, 11) is 0. The number of ether oxygens (including phenoxy) is 2. The predicted molar refractivity (Wildman–Crippen MR) is 145 cm³/mol. The second-order valence-corrected chi connectivity index (χ2v) is 9.93. The Bertz CT molecular complexity index is 1750. The molecule has 204 valence electrons. The summed E-state index contributed by atoms with van der Waals surface area (Å²) in [5.41, 5.74) is 1.89. The predicted octanol–water partition coefficient (Wildman–Crippen LogP) is 5.79. The summed E-state index contributed by atoms with van der Waals surface area (Å²) in [6, 6.07) is 12.7. The first kappa shape index (κ1) is 27.1. The number of thioether (sulfide) groups is 1. The minimum Gasteiger partial charge on any atom is -0.487 e. The zero-order chi connectivity index (χ0) is 28.4. The minimum atomic E-state index is -1.08. The number of carbonyl (C=O) groups is 2. The van der Waals surface area contributed by atoms with Gasteiger partial charge in [0.2, 0.25) is 5.43 Å². The van der Waals surface area contributed by atoms with E-state index in [2.05, 4.69) is 10.3 Å². The highest BCUT2D eigenvalue weighted by Crippen LogP contribution is 2.30. The molecule has 40 heavy (non-hydrogen) atoms. The van der Waals surface area contributed by atoms with Crippen LogP contribution in [0.2, 0.25) is 0 Å². The first-order valence-electron chi connectivity index (χ1n) is 12.1. The third-order valence-electron chi connectivity index (χ3n) is 6.07. The highest BCUT2D eigenvalue weighted by molar-refractivity contribution is 8.18. The van der Waals surface area contributed by atoms with Crippen molar-refractivity contribution in [3.05, 3.63) is 104 Å². The van der Waals surface area contributed by atoms with Crippen LogP contribution in [0.3, 0.4) is 0 Å². The fraction of sp³-hybridized carbons (Fsp3) is 0.138. The van der Waals surface area contributed by atoms with Crippen molar-refractivity contribution in [2.45, 2.75) is 13.3 Å². The normalized spacial score (nSPS) is 14.2. The molecule has 1 aliphatic rings. The number of hydrogen-bond acceptors (Lipinski definition) is 6. The summed E-state index contributed by atoms with van der Waals surface area (Å²) in [5.74, 6) is -3.39. The molecule has 1 aromatic heterocycles. The van der Waals surface area contributed by atoms with Gasteiger partial charge in [0.05, 0.1) is 16.1 Å². The lowest BCUT2D eigenvalue weighted by atomic mass is 10.1. The second-order valence-electron chi connectivity index (χ2n) is 8.91. The second kappa shape index (κ2) is 11.3. The van der Waals surface area contributed by atoms with Gasteiger partial charge in [-0.3, -0.25) is 19.7 Å². The maximum atomic E-state index is 14.6. The molecule has 3 aromatic carbocycles. The van der Waals surface area contributed by atoms with Gasteiger partial charge < -0.3 is 14.5 Å². The van der Waals surface area contributed by atoms with E-state index in [4.69, 9.17) is 9.47 Å². The molecule has 2 N–H and O–H groups in total. The largest absolute Gasteiger partial charge is 0.487 e. The fourth-order valence-corrected chi connectivity index (χ4v) is 4.79. The molecule has 1 saturated heterocycles. The van der Waals surface area contributed by atoms with Crippen LogP contribution in [-0.4, -0.2) is 29.3 Å². The number of amides is 2. The quantitative estimate of drug-likeness (QED) is 0.207. The third kappa shape index (κ3) is 5.74. The molecule has 1 fully saturated rings. The molecule has 11 heteroatoms. The number of aryl methyl sites for hydroxylation is 1. The van der Waals surface area contributed by atoms with Crippen LogP contribution in [0.5, 0.6) is 11.5 Å². The lowest BCUT2D eigenvalue weighted by Crippen LogP contribution is -2.17. The van der Waals surface area contributed by atoms with Crippen molar-refractivity contribution in [1.82, 2.24) is 10.3 Å². The van der Waals surface area contributed by atoms with Crippen LogP contribution >= 0.6 is 11.8 Å². The van der Waals surface area contributed by atoms with Crippen molar-refractivity contribution in [3.63, 3.8) is 0 Å². The molecule has 0 spiro atoms. The van der Waals surface area contributed by atoms with E-state index in [0.29, 0.717) is 16.5 Å². The number of allylic oxidation sites excluding steroid dienone is 1. The topological polar surface area (TPSA) is 97.5 Å². The Morgan fingerprint density at radius 3 is 2.40 bits per heavy atom. The van der Waals surface area contributed by atoms with Crippen LogP contribution in [0.4, 0.5) is 18.0 Å². The zero-order valence-electron chi connectivity index (χ0n) is 21.0. The van der Waals surface area contributed by atoms with Crippen LogP contribution < -0.4 is 20.2 Å². The fourth-order valence-electron chi connectivity index (χ4n) is 4.13. The third-order valence-corrected chi connectivity index (χ3v) is 6.93. The summed E-state index contributed by atoms with van der Waals surface area (Å²) in [6.07, 6.45) is 1.78. The lowest BCUT2D eigenvalue weighted by molar-refractivity contribution is -0.115. The molecule has 0 saturated carbocycles. The van der Waals surface area contributed by atoms with Gasteiger partial charge in [-0.1, -0.05) is 18.2 Å². The number of halogens is 3. The van der Waals surface area contributed by atoms with Crippen molar-refractivity contribution in [2.75, 3.05) is 13.2 Å². The molecule has 1 aliphatic heterocycles. The molecule has 0 bridgehead atoms. The molecule has 0 radical (unpaired) electrons. The summed E-state index contributed by atoms with van der Waals surface area (Å²) < 4.78 is 53.4.